The van der Waals surface area contributed by atoms with E-state index in [2.05, 4.69) is 4.90 Å². The quantitative estimate of drug-likeness (QED) is 0.780. The Hall–Kier alpha value is -0.585. The predicted molar refractivity (Wildman–Crippen MR) is 95.0 cm³/mol. The number of hydrogen-bond acceptors (Lipinski definition) is 4. The summed E-state index contributed by atoms with van der Waals surface area (Å²) in [6, 6.07) is 5.53. The number of nitrogens with zero attached hydrogens (tertiary/aromatic N) is 1. The minimum Gasteiger partial charge on any atom is -0.423 e. The van der Waals surface area contributed by atoms with Gasteiger partial charge in [-0.15, -0.1) is 0 Å². The number of likely N-dealkylation sites (tertiary alicyclic amines) is 1. The second-order valence-electron chi connectivity index (χ2n) is 7.37. The van der Waals surface area contributed by atoms with Gasteiger partial charge >= 0.3 is 7.12 Å². The highest BCUT2D eigenvalue weighted by molar-refractivity contribution is 6.60. The van der Waals surface area contributed by atoms with Crippen molar-refractivity contribution < 1.29 is 14.8 Å². The smallest absolute Gasteiger partial charge is 0.423 e. The van der Waals surface area contributed by atoms with Crippen molar-refractivity contribution in [3.05, 3.63) is 28.8 Å². The van der Waals surface area contributed by atoms with Gasteiger partial charge in [0.05, 0.1) is 11.2 Å². The first-order valence-corrected chi connectivity index (χ1v) is 8.57. The van der Waals surface area contributed by atoms with Crippen molar-refractivity contribution in [1.82, 2.24) is 4.90 Å². The highest BCUT2D eigenvalue weighted by Gasteiger charge is 2.39. The summed E-state index contributed by atoms with van der Waals surface area (Å²) in [5.41, 5.74) is -0.315. The lowest BCUT2D eigenvalue weighted by Gasteiger charge is -2.38. The lowest BCUT2D eigenvalue weighted by atomic mass is 9.76. The van der Waals surface area contributed by atoms with Crippen LogP contribution in [0.5, 0.6) is 0 Å². The van der Waals surface area contributed by atoms with E-state index in [-0.39, 0.29) is 0 Å². The van der Waals surface area contributed by atoms with Gasteiger partial charge in [0.15, 0.2) is 0 Å². The Bertz CT molecular complexity index is 539. The van der Waals surface area contributed by atoms with Crippen LogP contribution in [0.1, 0.15) is 46.1 Å². The number of hydrogen-bond donors (Lipinski definition) is 2. The van der Waals surface area contributed by atoms with Crippen LogP contribution in [0, 0.1) is 0 Å². The van der Waals surface area contributed by atoms with E-state index in [4.69, 9.17) is 16.3 Å². The van der Waals surface area contributed by atoms with Crippen LogP contribution >= 0.6 is 11.6 Å². The topological polar surface area (TPSA) is 52.9 Å². The summed E-state index contributed by atoms with van der Waals surface area (Å²) in [5.74, 6) is 0. The van der Waals surface area contributed by atoms with Gasteiger partial charge in [0.1, 0.15) is 0 Å². The summed E-state index contributed by atoms with van der Waals surface area (Å²) < 4.78 is 5.65. The fourth-order valence-corrected chi connectivity index (χ4v) is 2.77. The molecule has 1 aromatic rings. The Morgan fingerprint density at radius 3 is 2.35 bits per heavy atom. The molecule has 0 atom stereocenters. The van der Waals surface area contributed by atoms with Gasteiger partial charge in [-0.1, -0.05) is 23.7 Å². The molecular formula is C17H27BClNO3. The molecule has 1 aliphatic heterocycles. The first kappa shape index (κ1) is 18.7. The fourth-order valence-electron chi connectivity index (χ4n) is 2.52. The zero-order valence-electron chi connectivity index (χ0n) is 14.5. The largest absolute Gasteiger partial charge is 0.491 e. The molecule has 2 N–H and O–H groups in total. The Kier molecular flexibility index (Phi) is 5.80. The third kappa shape index (κ3) is 4.71. The fraction of sp³-hybridized carbons (Fsp3) is 0.647. The summed E-state index contributed by atoms with van der Waals surface area (Å²) in [7, 11) is -1.13. The highest BCUT2D eigenvalue weighted by Crippen LogP contribution is 2.26. The molecule has 0 spiro atoms. The monoisotopic (exact) mass is 339 g/mol. The van der Waals surface area contributed by atoms with Crippen molar-refractivity contribution in [3.8, 4) is 0 Å². The minimum absolute atomic E-state index is 0.595. The number of halogens is 1. The van der Waals surface area contributed by atoms with Crippen molar-refractivity contribution in [1.29, 1.82) is 0 Å². The van der Waals surface area contributed by atoms with Gasteiger partial charge in [0, 0.05) is 11.6 Å². The predicted octanol–water partition coefficient (Wildman–Crippen LogP) is 2.19. The number of rotatable bonds is 6. The van der Waals surface area contributed by atoms with Gasteiger partial charge in [-0.25, -0.2) is 0 Å². The van der Waals surface area contributed by atoms with Gasteiger partial charge in [-0.3, -0.25) is 4.90 Å². The van der Waals surface area contributed by atoms with Crippen LogP contribution in [0.2, 0.25) is 5.02 Å². The molecule has 0 saturated carbocycles. The van der Waals surface area contributed by atoms with Crippen LogP contribution in [0.15, 0.2) is 18.2 Å². The summed E-state index contributed by atoms with van der Waals surface area (Å²) in [4.78, 5) is 2.38. The van der Waals surface area contributed by atoms with Gasteiger partial charge in [0.2, 0.25) is 0 Å². The molecule has 1 heterocycles. The van der Waals surface area contributed by atoms with Gasteiger partial charge in [-0.2, -0.15) is 0 Å². The molecule has 0 unspecified atom stereocenters. The summed E-state index contributed by atoms with van der Waals surface area (Å²) in [6.45, 7) is 9.88. The molecule has 0 aromatic heterocycles. The van der Waals surface area contributed by atoms with E-state index in [0.717, 1.165) is 25.2 Å². The Balaban J connectivity index is 2.07. The van der Waals surface area contributed by atoms with E-state index < -0.39 is 18.3 Å². The number of aliphatic hydroxyl groups is 1. The van der Waals surface area contributed by atoms with E-state index in [9.17, 15) is 10.1 Å². The molecule has 0 radical (unpaired) electrons. The molecular weight excluding hydrogens is 312 g/mol. The van der Waals surface area contributed by atoms with E-state index in [1.165, 1.54) is 12.8 Å². The average Bonchev–Trinajstić information content (AvgIpc) is 2.92. The molecule has 128 valence electrons. The lowest BCUT2D eigenvalue weighted by Crippen LogP contribution is -2.53. The molecule has 1 saturated heterocycles. The average molecular weight is 340 g/mol. The molecule has 1 aliphatic rings. The highest BCUT2D eigenvalue weighted by atomic mass is 35.5. The molecule has 1 fully saturated rings. The van der Waals surface area contributed by atoms with E-state index >= 15 is 0 Å². The standard InChI is InChI=1S/C17H27BClNO3/c1-16(2,21)17(3,4)23-18(22)14-8-7-13(15(19)11-14)12-20-9-5-6-10-20/h7-8,11,21-22H,5-6,9-10,12H2,1-4H3. The molecule has 2 rings (SSSR count). The van der Waals surface area contributed by atoms with Gasteiger partial charge < -0.3 is 14.8 Å². The second-order valence-corrected chi connectivity index (χ2v) is 7.78. The number of benzene rings is 1. The zero-order chi connectivity index (χ0) is 17.3. The van der Waals surface area contributed by atoms with Crippen molar-refractivity contribution in [2.45, 2.75) is 58.3 Å². The summed E-state index contributed by atoms with van der Waals surface area (Å²) in [5, 5.41) is 21.1. The lowest BCUT2D eigenvalue weighted by molar-refractivity contribution is -0.0982. The van der Waals surface area contributed by atoms with E-state index in [0.29, 0.717) is 10.5 Å². The minimum atomic E-state index is -1.13. The third-order valence-electron chi connectivity index (χ3n) is 4.83. The van der Waals surface area contributed by atoms with Crippen LogP contribution in [0.3, 0.4) is 0 Å². The van der Waals surface area contributed by atoms with E-state index in [1.54, 1.807) is 33.8 Å². The van der Waals surface area contributed by atoms with Crippen LogP contribution in [0.25, 0.3) is 0 Å². The summed E-state index contributed by atoms with van der Waals surface area (Å²) >= 11 is 6.37. The Morgan fingerprint density at radius 2 is 1.83 bits per heavy atom. The maximum Gasteiger partial charge on any atom is 0.491 e. The maximum atomic E-state index is 10.3. The normalized spacial score (nSPS) is 16.8. The van der Waals surface area contributed by atoms with Crippen LogP contribution in [0.4, 0.5) is 0 Å². The van der Waals surface area contributed by atoms with E-state index in [1.807, 2.05) is 12.1 Å². The SMILES string of the molecule is CC(C)(O)C(C)(C)OB(O)c1ccc(CN2CCCC2)c(Cl)c1. The Labute approximate surface area is 144 Å². The van der Waals surface area contributed by atoms with Crippen LogP contribution in [-0.4, -0.2) is 46.4 Å². The first-order chi connectivity index (χ1) is 10.6. The second kappa shape index (κ2) is 7.12. The molecule has 6 heteroatoms. The van der Waals surface area contributed by atoms with Crippen LogP contribution < -0.4 is 5.46 Å². The maximum absolute atomic E-state index is 10.3. The van der Waals surface area contributed by atoms with Crippen molar-refractivity contribution in [2.24, 2.45) is 0 Å². The first-order valence-electron chi connectivity index (χ1n) is 8.19. The zero-order valence-corrected chi connectivity index (χ0v) is 15.2. The van der Waals surface area contributed by atoms with Crippen molar-refractivity contribution in [2.75, 3.05) is 13.1 Å². The third-order valence-corrected chi connectivity index (χ3v) is 5.19. The Morgan fingerprint density at radius 1 is 1.22 bits per heavy atom. The molecule has 1 aromatic carbocycles. The van der Waals surface area contributed by atoms with Gasteiger partial charge in [0.25, 0.3) is 0 Å². The van der Waals surface area contributed by atoms with Crippen molar-refractivity contribution >= 4 is 24.2 Å². The molecule has 0 bridgehead atoms. The molecule has 0 amide bonds. The molecule has 0 aliphatic carbocycles. The van der Waals surface area contributed by atoms with Crippen molar-refractivity contribution in [3.63, 3.8) is 0 Å². The summed E-state index contributed by atoms with van der Waals surface area (Å²) in [6.07, 6.45) is 2.49. The van der Waals surface area contributed by atoms with Crippen LogP contribution in [-0.2, 0) is 11.2 Å². The molecule has 23 heavy (non-hydrogen) atoms. The van der Waals surface area contributed by atoms with Gasteiger partial charge in [-0.05, 0) is 70.7 Å². The molecule has 4 nitrogen and oxygen atoms in total.